The van der Waals surface area contributed by atoms with Gasteiger partial charge in [-0.1, -0.05) is 178 Å². The summed E-state index contributed by atoms with van der Waals surface area (Å²) in [6.45, 7) is 3.56. The van der Waals surface area contributed by atoms with E-state index >= 15 is 0 Å². The van der Waals surface area contributed by atoms with Crippen LogP contribution in [0.2, 0.25) is 0 Å². The Morgan fingerprint density at radius 2 is 0.915 bits per heavy atom. The zero-order valence-electron chi connectivity index (χ0n) is 44.2. The smallest absolute Gasteiger partial charge is 0.306 e. The van der Waals surface area contributed by atoms with Crippen LogP contribution in [0.3, 0.4) is 0 Å². The maximum absolute atomic E-state index is 13.1. The number of hydrogen-bond donors (Lipinski definition) is 7. The lowest BCUT2D eigenvalue weighted by Gasteiger charge is -2.42. The number of allylic oxidation sites excluding steroid dienone is 8. The standard InChI is InChI=1S/C57H102O14/c1-3-5-7-9-11-13-15-17-19-21-22-23-24-25-26-28-30-32-34-36-38-40-49(59)69-46(43-66-41-39-37-35-33-31-29-27-20-18-16-14-12-10-8-6-4-2)44-67-56-55(65)53(63)51(61)48(71-56)45-68-57-54(64)52(62)50(60)47(42-58)70-57/h6,8,12,14,18,20-22,46-48,50-58,60-65H,3-5,7,9-11,13,15-17,19,23-45H2,1-2H3/b8-6-,14-12-,20-18-,22-21-. The predicted molar refractivity (Wildman–Crippen MR) is 279 cm³/mol. The molecule has 0 spiro atoms. The number of carbonyl (C=O) groups excluding carboxylic acids is 1. The van der Waals surface area contributed by atoms with Crippen molar-refractivity contribution in [3.05, 3.63) is 48.6 Å². The summed E-state index contributed by atoms with van der Waals surface area (Å²) in [5.41, 5.74) is 0. The molecule has 0 radical (unpaired) electrons. The molecule has 14 heteroatoms. The minimum atomic E-state index is -1.71. The van der Waals surface area contributed by atoms with Crippen LogP contribution in [0.15, 0.2) is 48.6 Å². The van der Waals surface area contributed by atoms with E-state index in [1.807, 2.05) is 0 Å². The Hall–Kier alpha value is -2.05. The van der Waals surface area contributed by atoms with Gasteiger partial charge in [-0.3, -0.25) is 4.79 Å². The van der Waals surface area contributed by atoms with Gasteiger partial charge in [-0.2, -0.15) is 0 Å². The van der Waals surface area contributed by atoms with Crippen LogP contribution < -0.4 is 0 Å². The Labute approximate surface area is 429 Å². The first-order valence-corrected chi connectivity index (χ1v) is 28.2. The quantitative estimate of drug-likeness (QED) is 0.0172. The average Bonchev–Trinajstić information content (AvgIpc) is 3.37. The maximum atomic E-state index is 13.1. The molecule has 0 aromatic carbocycles. The van der Waals surface area contributed by atoms with Crippen LogP contribution in [0, 0.1) is 0 Å². The van der Waals surface area contributed by atoms with Gasteiger partial charge in [-0.05, 0) is 70.6 Å². The predicted octanol–water partition coefficient (Wildman–Crippen LogP) is 9.52. The molecule has 2 aliphatic rings. The van der Waals surface area contributed by atoms with E-state index in [9.17, 15) is 40.5 Å². The summed E-state index contributed by atoms with van der Waals surface area (Å²) in [5.74, 6) is -0.383. The molecule has 7 N–H and O–H groups in total. The van der Waals surface area contributed by atoms with Crippen LogP contribution in [-0.2, 0) is 33.2 Å². The Balaban J connectivity index is 1.73. The molecule has 0 bridgehead atoms. The summed E-state index contributed by atoms with van der Waals surface area (Å²) >= 11 is 0. The Kier molecular flexibility index (Phi) is 40.6. The lowest BCUT2D eigenvalue weighted by atomic mass is 9.98. The van der Waals surface area contributed by atoms with E-state index in [2.05, 4.69) is 62.5 Å². The van der Waals surface area contributed by atoms with Gasteiger partial charge < -0.3 is 64.2 Å². The molecule has 0 amide bonds. The number of unbranched alkanes of at least 4 members (excludes halogenated alkanes) is 23. The highest BCUT2D eigenvalue weighted by atomic mass is 16.7. The van der Waals surface area contributed by atoms with Gasteiger partial charge in [0.2, 0.25) is 0 Å². The first kappa shape index (κ1) is 65.1. The number of aliphatic hydroxyl groups excluding tert-OH is 7. The van der Waals surface area contributed by atoms with Crippen LogP contribution in [0.1, 0.15) is 206 Å². The molecule has 0 aromatic rings. The molecule has 71 heavy (non-hydrogen) atoms. The van der Waals surface area contributed by atoms with Gasteiger partial charge in [0.25, 0.3) is 0 Å². The highest BCUT2D eigenvalue weighted by Gasteiger charge is 2.47. The van der Waals surface area contributed by atoms with E-state index in [-0.39, 0.29) is 25.6 Å². The van der Waals surface area contributed by atoms with Crippen molar-refractivity contribution in [2.45, 2.75) is 274 Å². The fourth-order valence-electron chi connectivity index (χ4n) is 8.77. The zero-order valence-corrected chi connectivity index (χ0v) is 44.2. The van der Waals surface area contributed by atoms with Gasteiger partial charge >= 0.3 is 5.97 Å². The summed E-state index contributed by atoms with van der Waals surface area (Å²) in [4.78, 5) is 13.1. The number of carbonyl (C=O) groups is 1. The van der Waals surface area contributed by atoms with Crippen molar-refractivity contribution in [1.82, 2.24) is 0 Å². The molecule has 2 heterocycles. The third-order valence-electron chi connectivity index (χ3n) is 13.3. The van der Waals surface area contributed by atoms with Crippen LogP contribution in [0.25, 0.3) is 0 Å². The van der Waals surface area contributed by atoms with Gasteiger partial charge in [-0.15, -0.1) is 0 Å². The van der Waals surface area contributed by atoms with Gasteiger partial charge in [-0.25, -0.2) is 0 Å². The van der Waals surface area contributed by atoms with Crippen LogP contribution in [0.4, 0.5) is 0 Å². The van der Waals surface area contributed by atoms with Crippen molar-refractivity contribution in [3.8, 4) is 0 Å². The average molecular weight is 1010 g/mol. The molecular weight excluding hydrogens is 909 g/mol. The number of aliphatic hydroxyl groups is 7. The second-order valence-corrected chi connectivity index (χ2v) is 19.7. The fraction of sp³-hybridized carbons (Fsp3) is 0.842. The Morgan fingerprint density at radius 3 is 1.45 bits per heavy atom. The van der Waals surface area contributed by atoms with Crippen molar-refractivity contribution >= 4 is 5.97 Å². The molecule has 2 rings (SSSR count). The Morgan fingerprint density at radius 1 is 0.479 bits per heavy atom. The largest absolute Gasteiger partial charge is 0.457 e. The molecule has 14 nitrogen and oxygen atoms in total. The van der Waals surface area contributed by atoms with Crippen molar-refractivity contribution in [2.24, 2.45) is 0 Å². The van der Waals surface area contributed by atoms with E-state index in [1.165, 1.54) is 109 Å². The topological polar surface area (TPSA) is 214 Å². The summed E-state index contributed by atoms with van der Waals surface area (Å²) in [5, 5.41) is 72.3. The molecule has 11 unspecified atom stereocenters. The minimum absolute atomic E-state index is 0.0515. The second-order valence-electron chi connectivity index (χ2n) is 19.7. The van der Waals surface area contributed by atoms with E-state index in [4.69, 9.17) is 28.4 Å². The third kappa shape index (κ3) is 31.4. The van der Waals surface area contributed by atoms with E-state index < -0.39 is 80.7 Å². The van der Waals surface area contributed by atoms with Crippen LogP contribution in [-0.4, -0.2) is 142 Å². The van der Waals surface area contributed by atoms with Gasteiger partial charge in [0.05, 0.1) is 26.4 Å². The molecule has 2 saturated heterocycles. The number of ether oxygens (including phenoxy) is 6. The van der Waals surface area contributed by atoms with Crippen molar-refractivity contribution in [3.63, 3.8) is 0 Å². The molecular formula is C57H102O14. The van der Waals surface area contributed by atoms with Crippen molar-refractivity contribution in [2.75, 3.05) is 33.0 Å². The normalized spacial score (nSPS) is 25.6. The first-order chi connectivity index (χ1) is 34.6. The van der Waals surface area contributed by atoms with Crippen LogP contribution in [0.5, 0.6) is 0 Å². The summed E-state index contributed by atoms with van der Waals surface area (Å²) in [7, 11) is 0. The number of rotatable bonds is 45. The monoisotopic (exact) mass is 1010 g/mol. The SMILES string of the molecule is CC/C=C\C/C=C\C/C=C\CCCCCCCCOCC(COC1OC(COC2OC(CO)C(O)C(O)C2O)C(O)C(O)C1O)OC(=O)CCCCCCCCCCC/C=C\CCCCCCCCCC. The molecule has 0 aromatic heterocycles. The lowest BCUT2D eigenvalue weighted by Crippen LogP contribution is -2.61. The number of esters is 1. The molecule has 11 atom stereocenters. The molecule has 0 aliphatic carbocycles. The van der Waals surface area contributed by atoms with Crippen LogP contribution >= 0.6 is 0 Å². The first-order valence-electron chi connectivity index (χ1n) is 28.2. The van der Waals surface area contributed by atoms with E-state index in [1.54, 1.807) is 0 Å². The van der Waals surface area contributed by atoms with Gasteiger partial charge in [0.1, 0.15) is 54.9 Å². The molecule has 2 aliphatic heterocycles. The minimum Gasteiger partial charge on any atom is -0.457 e. The molecule has 2 fully saturated rings. The third-order valence-corrected chi connectivity index (χ3v) is 13.3. The molecule has 414 valence electrons. The highest BCUT2D eigenvalue weighted by Crippen LogP contribution is 2.26. The van der Waals surface area contributed by atoms with Crippen molar-refractivity contribution in [1.29, 1.82) is 0 Å². The van der Waals surface area contributed by atoms with E-state index in [0.717, 1.165) is 70.6 Å². The second kappa shape index (κ2) is 44.3. The Bertz CT molecular complexity index is 1360. The van der Waals surface area contributed by atoms with Crippen molar-refractivity contribution < 1.29 is 69.0 Å². The zero-order chi connectivity index (χ0) is 51.6. The fourth-order valence-corrected chi connectivity index (χ4v) is 8.77. The summed E-state index contributed by atoms with van der Waals surface area (Å²) < 4.78 is 34.3. The van der Waals surface area contributed by atoms with Gasteiger partial charge in [0, 0.05) is 13.0 Å². The number of hydrogen-bond acceptors (Lipinski definition) is 14. The lowest BCUT2D eigenvalue weighted by molar-refractivity contribution is -0.332. The van der Waals surface area contributed by atoms with Gasteiger partial charge in [0.15, 0.2) is 12.6 Å². The summed E-state index contributed by atoms with van der Waals surface area (Å²) in [6.07, 6.45) is 36.0. The summed E-state index contributed by atoms with van der Waals surface area (Å²) in [6, 6.07) is 0. The maximum Gasteiger partial charge on any atom is 0.306 e. The van der Waals surface area contributed by atoms with E-state index in [0.29, 0.717) is 13.0 Å². The molecule has 0 saturated carbocycles. The highest BCUT2D eigenvalue weighted by molar-refractivity contribution is 5.69.